The number of rotatable bonds is 2. The molecule has 1 aromatic rings. The van der Waals surface area contributed by atoms with Gasteiger partial charge in [0.25, 0.3) is 0 Å². The van der Waals surface area contributed by atoms with E-state index in [2.05, 4.69) is 24.0 Å². The van der Waals surface area contributed by atoms with Crippen molar-refractivity contribution < 1.29 is 0 Å². The van der Waals surface area contributed by atoms with Crippen molar-refractivity contribution in [1.29, 1.82) is 0 Å². The second-order valence-corrected chi connectivity index (χ2v) is 3.83. The number of hydrogen-bond donors (Lipinski definition) is 0. The summed E-state index contributed by atoms with van der Waals surface area (Å²) >= 11 is 0. The van der Waals surface area contributed by atoms with Crippen LogP contribution >= 0.6 is 0 Å². The summed E-state index contributed by atoms with van der Waals surface area (Å²) in [6, 6.07) is 0. The molecule has 0 aliphatic heterocycles. The zero-order chi connectivity index (χ0) is 8.55. The Hall–Kier alpha value is -0.920. The van der Waals surface area contributed by atoms with E-state index in [1.165, 1.54) is 24.0 Å². The van der Waals surface area contributed by atoms with Gasteiger partial charge in [-0.15, -0.1) is 0 Å². The van der Waals surface area contributed by atoms with Gasteiger partial charge in [0.15, 0.2) is 0 Å². The molecule has 0 unspecified atom stereocenters. The molecule has 2 nitrogen and oxygen atoms in total. The van der Waals surface area contributed by atoms with Gasteiger partial charge in [0.2, 0.25) is 0 Å². The van der Waals surface area contributed by atoms with Crippen LogP contribution in [0.25, 0.3) is 0 Å². The molecular weight excluding hydrogens is 148 g/mol. The summed E-state index contributed by atoms with van der Waals surface area (Å²) in [7, 11) is 0. The van der Waals surface area contributed by atoms with Gasteiger partial charge in [-0.3, -0.25) is 0 Å². The summed E-state index contributed by atoms with van der Waals surface area (Å²) in [6.07, 6.45) is 6.53. The molecule has 0 amide bonds. The van der Waals surface area contributed by atoms with Crippen molar-refractivity contribution in [3.8, 4) is 0 Å². The highest BCUT2D eigenvalue weighted by Crippen LogP contribution is 2.42. The molecule has 0 atom stereocenters. The minimum Gasteiger partial charge on any atom is -0.159 e. The molecule has 1 fully saturated rings. The van der Waals surface area contributed by atoms with Gasteiger partial charge in [-0.1, -0.05) is 13.8 Å². The molecule has 0 saturated heterocycles. The van der Waals surface area contributed by atoms with Crippen LogP contribution in [0.1, 0.15) is 49.7 Å². The topological polar surface area (TPSA) is 25.8 Å². The average molecular weight is 162 g/mol. The fraction of sp³-hybridized carbons (Fsp3) is 0.600. The molecule has 0 bridgehead atoms. The molecule has 0 radical (unpaired) electrons. The minimum atomic E-state index is 0.580. The van der Waals surface area contributed by atoms with Crippen molar-refractivity contribution >= 4 is 0 Å². The molecular formula is C10H14N2. The SMILES string of the molecule is CC(C)c1cnncc1C1CC1. The van der Waals surface area contributed by atoms with Gasteiger partial charge in [0.05, 0.1) is 12.4 Å². The molecule has 2 heteroatoms. The third kappa shape index (κ3) is 1.33. The third-order valence-corrected chi connectivity index (χ3v) is 2.43. The van der Waals surface area contributed by atoms with E-state index in [0.717, 1.165) is 5.92 Å². The Bertz CT molecular complexity index is 256. The van der Waals surface area contributed by atoms with Crippen molar-refractivity contribution in [2.24, 2.45) is 0 Å². The van der Waals surface area contributed by atoms with Crippen LogP contribution in [0.5, 0.6) is 0 Å². The highest BCUT2D eigenvalue weighted by atomic mass is 15.1. The Balaban J connectivity index is 2.36. The van der Waals surface area contributed by atoms with E-state index in [1.54, 1.807) is 0 Å². The molecule has 1 heterocycles. The monoisotopic (exact) mass is 162 g/mol. The maximum absolute atomic E-state index is 3.94. The Morgan fingerprint density at radius 2 is 1.92 bits per heavy atom. The van der Waals surface area contributed by atoms with Crippen LogP contribution in [0.15, 0.2) is 12.4 Å². The van der Waals surface area contributed by atoms with E-state index in [-0.39, 0.29) is 0 Å². The van der Waals surface area contributed by atoms with Crippen molar-refractivity contribution in [3.63, 3.8) is 0 Å². The van der Waals surface area contributed by atoms with Gasteiger partial charge in [0, 0.05) is 0 Å². The molecule has 1 saturated carbocycles. The van der Waals surface area contributed by atoms with Crippen LogP contribution in [-0.4, -0.2) is 10.2 Å². The molecule has 12 heavy (non-hydrogen) atoms. The molecule has 2 rings (SSSR count). The van der Waals surface area contributed by atoms with E-state index in [4.69, 9.17) is 0 Å². The molecule has 0 N–H and O–H groups in total. The van der Waals surface area contributed by atoms with Crippen LogP contribution in [0.3, 0.4) is 0 Å². The van der Waals surface area contributed by atoms with Gasteiger partial charge in [-0.2, -0.15) is 10.2 Å². The first-order valence-electron chi connectivity index (χ1n) is 4.59. The molecule has 0 spiro atoms. The maximum Gasteiger partial charge on any atom is 0.0533 e. The number of hydrogen-bond acceptors (Lipinski definition) is 2. The van der Waals surface area contributed by atoms with E-state index in [0.29, 0.717) is 5.92 Å². The van der Waals surface area contributed by atoms with E-state index >= 15 is 0 Å². The Labute approximate surface area is 73.0 Å². The van der Waals surface area contributed by atoms with Gasteiger partial charge >= 0.3 is 0 Å². The molecule has 1 aliphatic rings. The van der Waals surface area contributed by atoms with Crippen molar-refractivity contribution in [2.75, 3.05) is 0 Å². The fourth-order valence-corrected chi connectivity index (χ4v) is 1.56. The first kappa shape index (κ1) is 7.71. The van der Waals surface area contributed by atoms with Crippen LogP contribution in [0, 0.1) is 0 Å². The minimum absolute atomic E-state index is 0.580. The lowest BCUT2D eigenvalue weighted by atomic mass is 9.98. The fourth-order valence-electron chi connectivity index (χ4n) is 1.56. The van der Waals surface area contributed by atoms with Gasteiger partial charge in [0.1, 0.15) is 0 Å². The summed E-state index contributed by atoms with van der Waals surface area (Å²) in [5, 5.41) is 7.87. The third-order valence-electron chi connectivity index (χ3n) is 2.43. The standard InChI is InChI=1S/C10H14N2/c1-7(2)9-5-11-12-6-10(9)8-3-4-8/h5-8H,3-4H2,1-2H3. The van der Waals surface area contributed by atoms with Gasteiger partial charge in [-0.05, 0) is 35.8 Å². The van der Waals surface area contributed by atoms with Crippen LogP contribution in [0.4, 0.5) is 0 Å². The molecule has 64 valence electrons. The van der Waals surface area contributed by atoms with Crippen LogP contribution < -0.4 is 0 Å². The Morgan fingerprint density at radius 1 is 1.25 bits per heavy atom. The number of nitrogens with zero attached hydrogens (tertiary/aromatic N) is 2. The highest BCUT2D eigenvalue weighted by Gasteiger charge is 2.26. The lowest BCUT2D eigenvalue weighted by Crippen LogP contribution is -1.97. The van der Waals surface area contributed by atoms with Gasteiger partial charge in [-0.25, -0.2) is 0 Å². The summed E-state index contributed by atoms with van der Waals surface area (Å²) in [4.78, 5) is 0. The van der Waals surface area contributed by atoms with Crippen molar-refractivity contribution in [1.82, 2.24) is 10.2 Å². The smallest absolute Gasteiger partial charge is 0.0533 e. The maximum atomic E-state index is 3.94. The summed E-state index contributed by atoms with van der Waals surface area (Å²) < 4.78 is 0. The molecule has 1 aliphatic carbocycles. The van der Waals surface area contributed by atoms with Crippen molar-refractivity contribution in [2.45, 2.75) is 38.5 Å². The second kappa shape index (κ2) is 2.85. The normalized spacial score (nSPS) is 16.9. The lowest BCUT2D eigenvalue weighted by molar-refractivity contribution is 0.811. The average Bonchev–Trinajstić information content (AvgIpc) is 2.87. The lowest BCUT2D eigenvalue weighted by Gasteiger charge is -2.09. The van der Waals surface area contributed by atoms with E-state index in [1.807, 2.05) is 12.4 Å². The number of aromatic nitrogens is 2. The zero-order valence-electron chi connectivity index (χ0n) is 7.62. The Kier molecular flexibility index (Phi) is 1.83. The van der Waals surface area contributed by atoms with Crippen LogP contribution in [0.2, 0.25) is 0 Å². The zero-order valence-corrected chi connectivity index (χ0v) is 7.62. The van der Waals surface area contributed by atoms with Gasteiger partial charge < -0.3 is 0 Å². The summed E-state index contributed by atoms with van der Waals surface area (Å²) in [5.74, 6) is 1.37. The molecule has 0 aromatic carbocycles. The molecule has 1 aromatic heterocycles. The second-order valence-electron chi connectivity index (χ2n) is 3.83. The largest absolute Gasteiger partial charge is 0.159 e. The summed E-state index contributed by atoms with van der Waals surface area (Å²) in [6.45, 7) is 4.42. The van der Waals surface area contributed by atoms with Crippen LogP contribution in [-0.2, 0) is 0 Å². The quantitative estimate of drug-likeness (QED) is 0.667. The first-order chi connectivity index (χ1) is 5.79. The first-order valence-corrected chi connectivity index (χ1v) is 4.59. The van der Waals surface area contributed by atoms with E-state index < -0.39 is 0 Å². The Morgan fingerprint density at radius 3 is 2.50 bits per heavy atom. The predicted molar refractivity (Wildman–Crippen MR) is 48.1 cm³/mol. The predicted octanol–water partition coefficient (Wildman–Crippen LogP) is 2.48. The highest BCUT2D eigenvalue weighted by molar-refractivity contribution is 5.30. The van der Waals surface area contributed by atoms with E-state index in [9.17, 15) is 0 Å². The summed E-state index contributed by atoms with van der Waals surface area (Å²) in [5.41, 5.74) is 2.81. The van der Waals surface area contributed by atoms with Crippen molar-refractivity contribution in [3.05, 3.63) is 23.5 Å².